The molecular weight excluding hydrogens is 537 g/mol. The molecule has 3 unspecified atom stereocenters. The van der Waals surface area contributed by atoms with E-state index in [4.69, 9.17) is 5.11 Å². The molecule has 40 heavy (non-hydrogen) atoms. The summed E-state index contributed by atoms with van der Waals surface area (Å²) in [4.78, 5) is 74.9. The molecule has 3 atom stereocenters. The van der Waals surface area contributed by atoms with Gasteiger partial charge in [-0.05, 0) is 48.9 Å². The maximum absolute atomic E-state index is 13.4. The fourth-order valence-electron chi connectivity index (χ4n) is 4.21. The molecule has 14 heteroatoms. The summed E-state index contributed by atoms with van der Waals surface area (Å²) in [5.74, 6) is -7.37. The summed E-state index contributed by atoms with van der Waals surface area (Å²) >= 11 is 0. The molecule has 1 fully saturated rings. The SMILES string of the molecule is CC(C)C(NC(=O)c1ccc(C(=O)NCC(=O)O)cc1)C(=O)N1CCCC1C(=O)NC(C(=O)C(F)(F)F)C(C)C. The van der Waals surface area contributed by atoms with Crippen molar-refractivity contribution >= 4 is 35.4 Å². The van der Waals surface area contributed by atoms with Crippen LogP contribution in [0.4, 0.5) is 13.2 Å². The number of halogens is 3. The number of alkyl halides is 3. The van der Waals surface area contributed by atoms with E-state index in [1.54, 1.807) is 13.8 Å². The Hall–Kier alpha value is -3.97. The number of carboxylic acids is 1. The molecule has 1 aliphatic heterocycles. The van der Waals surface area contributed by atoms with Gasteiger partial charge < -0.3 is 26.0 Å². The third-order valence-electron chi connectivity index (χ3n) is 6.39. The summed E-state index contributed by atoms with van der Waals surface area (Å²) in [5.41, 5.74) is 0.221. The summed E-state index contributed by atoms with van der Waals surface area (Å²) in [6, 6.07) is 1.26. The molecule has 0 aromatic heterocycles. The van der Waals surface area contributed by atoms with Crippen molar-refractivity contribution in [2.45, 2.75) is 64.8 Å². The molecule has 0 spiro atoms. The molecule has 4 amide bonds. The number of carboxylic acid groups (broad SMARTS) is 1. The lowest BCUT2D eigenvalue weighted by Gasteiger charge is -2.32. The second-order valence-corrected chi connectivity index (χ2v) is 10.1. The number of Topliss-reactive ketones (excluding diaryl/α,β-unsaturated/α-hetero) is 1. The summed E-state index contributed by atoms with van der Waals surface area (Å²) in [6.07, 6.45) is -4.57. The summed E-state index contributed by atoms with van der Waals surface area (Å²) in [5, 5.41) is 15.6. The average molecular weight is 571 g/mol. The number of likely N-dealkylation sites (tertiary alicyclic amines) is 1. The first-order chi connectivity index (χ1) is 18.5. The smallest absolute Gasteiger partial charge is 0.452 e. The van der Waals surface area contributed by atoms with Gasteiger partial charge in [0.05, 0.1) is 6.04 Å². The largest absolute Gasteiger partial charge is 0.480 e. The molecule has 11 nitrogen and oxygen atoms in total. The molecule has 0 bridgehead atoms. The summed E-state index contributed by atoms with van der Waals surface area (Å²) in [6.45, 7) is 5.62. The van der Waals surface area contributed by atoms with Crippen LogP contribution in [0.15, 0.2) is 24.3 Å². The summed E-state index contributed by atoms with van der Waals surface area (Å²) < 4.78 is 39.1. The fraction of sp³-hybridized carbons (Fsp3) is 0.538. The lowest BCUT2D eigenvalue weighted by Crippen LogP contribution is -2.58. The second-order valence-electron chi connectivity index (χ2n) is 10.1. The summed E-state index contributed by atoms with van der Waals surface area (Å²) in [7, 11) is 0. The van der Waals surface area contributed by atoms with Gasteiger partial charge in [-0.15, -0.1) is 0 Å². The lowest BCUT2D eigenvalue weighted by molar-refractivity contribution is -0.175. The van der Waals surface area contributed by atoms with E-state index < -0.39 is 78.1 Å². The van der Waals surface area contributed by atoms with Crippen LogP contribution in [-0.2, 0) is 19.2 Å². The molecule has 1 aromatic rings. The van der Waals surface area contributed by atoms with Crippen molar-refractivity contribution in [3.63, 3.8) is 0 Å². The number of carbonyl (C=O) groups excluding carboxylic acids is 5. The van der Waals surface area contributed by atoms with Gasteiger partial charge in [0, 0.05) is 17.7 Å². The van der Waals surface area contributed by atoms with Gasteiger partial charge in [0.1, 0.15) is 18.6 Å². The standard InChI is InChI=1S/C26H33F3N4O7/c1-13(2)19(21(36)26(27,28)29)31-24(39)17-6-5-11-33(17)25(40)20(14(3)4)32-23(38)16-9-7-15(8-10-16)22(37)30-12-18(34)35/h7-10,13-14,17,19-20H,5-6,11-12H2,1-4H3,(H,30,37)(H,31,39)(H,32,38)(H,34,35). The zero-order chi connectivity index (χ0) is 30.4. The molecule has 4 N–H and O–H groups in total. The minimum atomic E-state index is -5.14. The van der Waals surface area contributed by atoms with E-state index in [9.17, 15) is 41.9 Å². The van der Waals surface area contributed by atoms with Crippen molar-refractivity contribution < 1.29 is 47.0 Å². The third-order valence-corrected chi connectivity index (χ3v) is 6.39. The molecule has 0 aliphatic carbocycles. The Bertz CT molecular complexity index is 1140. The van der Waals surface area contributed by atoms with E-state index >= 15 is 0 Å². The van der Waals surface area contributed by atoms with Gasteiger partial charge in [-0.25, -0.2) is 0 Å². The highest BCUT2D eigenvalue weighted by molar-refractivity contribution is 6.01. The van der Waals surface area contributed by atoms with Gasteiger partial charge in [0.25, 0.3) is 17.6 Å². The van der Waals surface area contributed by atoms with Crippen LogP contribution in [0.5, 0.6) is 0 Å². The van der Waals surface area contributed by atoms with E-state index in [2.05, 4.69) is 16.0 Å². The van der Waals surface area contributed by atoms with Crippen molar-refractivity contribution in [2.24, 2.45) is 11.8 Å². The molecule has 220 valence electrons. The number of nitrogens with zero attached hydrogens (tertiary/aromatic N) is 1. The van der Waals surface area contributed by atoms with Crippen molar-refractivity contribution in [1.29, 1.82) is 0 Å². The number of carbonyl (C=O) groups is 6. The Kier molecular flexibility index (Phi) is 10.8. The van der Waals surface area contributed by atoms with Crippen LogP contribution in [0, 0.1) is 11.8 Å². The van der Waals surface area contributed by atoms with Gasteiger partial charge in [-0.3, -0.25) is 28.8 Å². The van der Waals surface area contributed by atoms with Gasteiger partial charge in [-0.1, -0.05) is 27.7 Å². The van der Waals surface area contributed by atoms with E-state index in [-0.39, 0.29) is 24.1 Å². The predicted molar refractivity (Wildman–Crippen MR) is 135 cm³/mol. The number of ketones is 1. The molecule has 0 radical (unpaired) electrons. The number of hydrogen-bond donors (Lipinski definition) is 4. The van der Waals surface area contributed by atoms with Crippen molar-refractivity contribution in [3.05, 3.63) is 35.4 Å². The number of nitrogens with one attached hydrogen (secondary N) is 3. The second kappa shape index (κ2) is 13.4. The Balaban J connectivity index is 2.14. The van der Waals surface area contributed by atoms with Crippen LogP contribution in [0.25, 0.3) is 0 Å². The maximum atomic E-state index is 13.4. The topological polar surface area (TPSA) is 162 Å². The highest BCUT2D eigenvalue weighted by Crippen LogP contribution is 2.24. The van der Waals surface area contributed by atoms with Gasteiger partial charge in [0.15, 0.2) is 0 Å². The zero-order valence-corrected chi connectivity index (χ0v) is 22.5. The van der Waals surface area contributed by atoms with E-state index in [0.29, 0.717) is 6.42 Å². The molecule has 1 heterocycles. The lowest BCUT2D eigenvalue weighted by atomic mass is 9.98. The van der Waals surface area contributed by atoms with Crippen LogP contribution >= 0.6 is 0 Å². The highest BCUT2D eigenvalue weighted by atomic mass is 19.4. The van der Waals surface area contributed by atoms with Gasteiger partial charge in [-0.2, -0.15) is 13.2 Å². The van der Waals surface area contributed by atoms with Crippen molar-refractivity contribution in [2.75, 3.05) is 13.1 Å². The Morgan fingerprint density at radius 1 is 0.900 bits per heavy atom. The molecule has 1 aliphatic rings. The van der Waals surface area contributed by atoms with Crippen LogP contribution < -0.4 is 16.0 Å². The molecule has 2 rings (SSSR count). The first-order valence-electron chi connectivity index (χ1n) is 12.7. The third kappa shape index (κ3) is 8.26. The van der Waals surface area contributed by atoms with Crippen LogP contribution in [0.3, 0.4) is 0 Å². The van der Waals surface area contributed by atoms with Gasteiger partial charge in [0.2, 0.25) is 11.8 Å². The maximum Gasteiger partial charge on any atom is 0.452 e. The quantitative estimate of drug-likeness (QED) is 0.314. The van der Waals surface area contributed by atoms with Crippen molar-refractivity contribution in [3.8, 4) is 0 Å². The van der Waals surface area contributed by atoms with E-state index in [1.807, 2.05) is 0 Å². The minimum Gasteiger partial charge on any atom is -0.480 e. The Labute approximate surface area is 228 Å². The van der Waals surface area contributed by atoms with E-state index in [1.165, 1.54) is 43.0 Å². The Morgan fingerprint density at radius 2 is 1.43 bits per heavy atom. The number of benzene rings is 1. The monoisotopic (exact) mass is 570 g/mol. The fourth-order valence-corrected chi connectivity index (χ4v) is 4.21. The Morgan fingerprint density at radius 3 is 1.90 bits per heavy atom. The van der Waals surface area contributed by atoms with Crippen LogP contribution in [0.1, 0.15) is 61.3 Å². The van der Waals surface area contributed by atoms with Gasteiger partial charge >= 0.3 is 12.1 Å². The number of hydrogen-bond acceptors (Lipinski definition) is 6. The normalized spacial score (nSPS) is 16.8. The number of amides is 4. The highest BCUT2D eigenvalue weighted by Gasteiger charge is 2.46. The zero-order valence-electron chi connectivity index (χ0n) is 22.5. The minimum absolute atomic E-state index is 0.106. The van der Waals surface area contributed by atoms with E-state index in [0.717, 1.165) is 0 Å². The molecule has 1 saturated heterocycles. The first-order valence-corrected chi connectivity index (χ1v) is 12.7. The van der Waals surface area contributed by atoms with Crippen LogP contribution in [0.2, 0.25) is 0 Å². The molecule has 1 aromatic carbocycles. The predicted octanol–water partition coefficient (Wildman–Crippen LogP) is 1.52. The van der Waals surface area contributed by atoms with Crippen LogP contribution in [-0.4, -0.2) is 82.8 Å². The van der Waals surface area contributed by atoms with Crippen molar-refractivity contribution in [1.82, 2.24) is 20.9 Å². The molecular formula is C26H33F3N4O7. The molecule has 0 saturated carbocycles. The average Bonchev–Trinajstić information content (AvgIpc) is 3.37. The number of rotatable bonds is 11. The number of aliphatic carboxylic acids is 1. The first kappa shape index (κ1) is 32.2.